The summed E-state index contributed by atoms with van der Waals surface area (Å²) in [5.74, 6) is -0.738. The minimum atomic E-state index is -0.331. The SMILES string of the molecule is CC(C)C(=O)Nc1cccc(NC(=O)Cc2ccc(F)cc2)c1. The summed E-state index contributed by atoms with van der Waals surface area (Å²) < 4.78 is 12.8. The second kappa shape index (κ2) is 7.54. The van der Waals surface area contributed by atoms with E-state index in [0.717, 1.165) is 5.56 Å². The van der Waals surface area contributed by atoms with E-state index >= 15 is 0 Å². The average Bonchev–Trinajstić information content (AvgIpc) is 2.49. The monoisotopic (exact) mass is 314 g/mol. The molecule has 4 nitrogen and oxygen atoms in total. The number of hydrogen-bond donors (Lipinski definition) is 2. The molecule has 0 saturated heterocycles. The zero-order valence-corrected chi connectivity index (χ0v) is 13.1. The van der Waals surface area contributed by atoms with Gasteiger partial charge in [-0.1, -0.05) is 32.0 Å². The zero-order chi connectivity index (χ0) is 16.8. The van der Waals surface area contributed by atoms with E-state index in [2.05, 4.69) is 10.6 Å². The Balaban J connectivity index is 1.98. The summed E-state index contributed by atoms with van der Waals surface area (Å²) in [5, 5.41) is 5.54. The molecule has 0 spiro atoms. The number of benzene rings is 2. The van der Waals surface area contributed by atoms with E-state index in [0.29, 0.717) is 11.4 Å². The molecule has 0 fully saturated rings. The summed E-state index contributed by atoms with van der Waals surface area (Å²) in [6.45, 7) is 3.62. The average molecular weight is 314 g/mol. The number of nitrogens with one attached hydrogen (secondary N) is 2. The molecule has 23 heavy (non-hydrogen) atoms. The van der Waals surface area contributed by atoms with Gasteiger partial charge in [0.25, 0.3) is 0 Å². The molecule has 0 aromatic heterocycles. The van der Waals surface area contributed by atoms with Gasteiger partial charge in [0, 0.05) is 17.3 Å². The molecule has 0 aliphatic heterocycles. The standard InChI is InChI=1S/C18H19FN2O2/c1-12(2)18(23)21-16-5-3-4-15(11-16)20-17(22)10-13-6-8-14(19)9-7-13/h3-9,11-12H,10H2,1-2H3,(H,20,22)(H,21,23). The van der Waals surface area contributed by atoms with Gasteiger partial charge in [-0.05, 0) is 35.9 Å². The molecule has 0 atom stereocenters. The van der Waals surface area contributed by atoms with Gasteiger partial charge in [0.1, 0.15) is 5.82 Å². The molecule has 0 radical (unpaired) electrons. The topological polar surface area (TPSA) is 58.2 Å². The second-order valence-electron chi connectivity index (χ2n) is 5.58. The molecule has 0 bridgehead atoms. The number of halogens is 1. The van der Waals surface area contributed by atoms with Crippen LogP contribution in [0.25, 0.3) is 0 Å². The van der Waals surface area contributed by atoms with Gasteiger partial charge in [-0.3, -0.25) is 9.59 Å². The Kier molecular flexibility index (Phi) is 5.46. The first-order valence-corrected chi connectivity index (χ1v) is 7.39. The zero-order valence-electron chi connectivity index (χ0n) is 13.1. The molecule has 2 N–H and O–H groups in total. The maximum absolute atomic E-state index is 12.8. The summed E-state index contributed by atoms with van der Waals surface area (Å²) in [7, 11) is 0. The van der Waals surface area contributed by atoms with Gasteiger partial charge in [-0.2, -0.15) is 0 Å². The lowest BCUT2D eigenvalue weighted by Gasteiger charge is -2.10. The van der Waals surface area contributed by atoms with E-state index in [9.17, 15) is 14.0 Å². The Morgan fingerprint density at radius 2 is 1.61 bits per heavy atom. The Morgan fingerprint density at radius 1 is 1.00 bits per heavy atom. The second-order valence-corrected chi connectivity index (χ2v) is 5.58. The Hall–Kier alpha value is -2.69. The number of anilines is 2. The third-order valence-electron chi connectivity index (χ3n) is 3.22. The van der Waals surface area contributed by atoms with E-state index in [1.54, 1.807) is 36.4 Å². The van der Waals surface area contributed by atoms with Crippen molar-refractivity contribution in [2.24, 2.45) is 5.92 Å². The largest absolute Gasteiger partial charge is 0.326 e. The van der Waals surface area contributed by atoms with Crippen LogP contribution in [0, 0.1) is 11.7 Å². The van der Waals surface area contributed by atoms with Crippen LogP contribution in [0.4, 0.5) is 15.8 Å². The minimum absolute atomic E-state index is 0.0835. The van der Waals surface area contributed by atoms with Crippen LogP contribution in [0.1, 0.15) is 19.4 Å². The van der Waals surface area contributed by atoms with E-state index in [1.165, 1.54) is 12.1 Å². The van der Waals surface area contributed by atoms with E-state index in [-0.39, 0.29) is 30.0 Å². The van der Waals surface area contributed by atoms with Crippen molar-refractivity contribution in [2.45, 2.75) is 20.3 Å². The highest BCUT2D eigenvalue weighted by Gasteiger charge is 2.08. The van der Waals surface area contributed by atoms with Crippen molar-refractivity contribution in [2.75, 3.05) is 10.6 Å². The summed E-state index contributed by atoms with van der Waals surface area (Å²) >= 11 is 0. The maximum Gasteiger partial charge on any atom is 0.228 e. The van der Waals surface area contributed by atoms with Crippen LogP contribution in [0.5, 0.6) is 0 Å². The molecular weight excluding hydrogens is 295 g/mol. The van der Waals surface area contributed by atoms with Gasteiger partial charge >= 0.3 is 0 Å². The van der Waals surface area contributed by atoms with Crippen molar-refractivity contribution < 1.29 is 14.0 Å². The first-order chi connectivity index (χ1) is 10.9. The maximum atomic E-state index is 12.8. The molecule has 0 unspecified atom stereocenters. The summed E-state index contributed by atoms with van der Waals surface area (Å²) in [5.41, 5.74) is 1.95. The number of carbonyl (C=O) groups is 2. The third kappa shape index (κ3) is 5.21. The highest BCUT2D eigenvalue weighted by atomic mass is 19.1. The van der Waals surface area contributed by atoms with E-state index in [4.69, 9.17) is 0 Å². The lowest BCUT2D eigenvalue weighted by molar-refractivity contribution is -0.119. The van der Waals surface area contributed by atoms with Crippen molar-refractivity contribution in [3.63, 3.8) is 0 Å². The smallest absolute Gasteiger partial charge is 0.228 e. The predicted molar refractivity (Wildman–Crippen MR) is 88.6 cm³/mol. The van der Waals surface area contributed by atoms with Crippen molar-refractivity contribution in [1.29, 1.82) is 0 Å². The Bertz CT molecular complexity index is 696. The number of hydrogen-bond acceptors (Lipinski definition) is 2. The van der Waals surface area contributed by atoms with Crippen LogP contribution in [0.15, 0.2) is 48.5 Å². The lowest BCUT2D eigenvalue weighted by Crippen LogP contribution is -2.18. The van der Waals surface area contributed by atoms with E-state index < -0.39 is 0 Å². The van der Waals surface area contributed by atoms with Gasteiger partial charge in [0.2, 0.25) is 11.8 Å². The fraction of sp³-hybridized carbons (Fsp3) is 0.222. The minimum Gasteiger partial charge on any atom is -0.326 e. The fourth-order valence-corrected chi connectivity index (χ4v) is 1.95. The first kappa shape index (κ1) is 16.7. The molecule has 2 amide bonds. The third-order valence-corrected chi connectivity index (χ3v) is 3.22. The van der Waals surface area contributed by atoms with Crippen LogP contribution in [-0.4, -0.2) is 11.8 Å². The van der Waals surface area contributed by atoms with Crippen LogP contribution < -0.4 is 10.6 Å². The predicted octanol–water partition coefficient (Wildman–Crippen LogP) is 3.60. The number of amides is 2. The molecule has 0 heterocycles. The highest BCUT2D eigenvalue weighted by molar-refractivity contribution is 5.95. The van der Waals surface area contributed by atoms with Crippen molar-refractivity contribution in [1.82, 2.24) is 0 Å². The van der Waals surface area contributed by atoms with Gasteiger partial charge in [0.05, 0.1) is 6.42 Å². The number of carbonyl (C=O) groups excluding carboxylic acids is 2. The molecule has 2 rings (SSSR count). The van der Waals surface area contributed by atoms with Crippen molar-refractivity contribution >= 4 is 23.2 Å². The molecule has 2 aromatic carbocycles. The normalized spacial score (nSPS) is 10.4. The molecule has 0 aliphatic carbocycles. The lowest BCUT2D eigenvalue weighted by atomic mass is 10.1. The van der Waals surface area contributed by atoms with Crippen LogP contribution in [0.2, 0.25) is 0 Å². The Labute approximate surface area is 134 Å². The molecule has 0 saturated carbocycles. The quantitative estimate of drug-likeness (QED) is 0.886. The highest BCUT2D eigenvalue weighted by Crippen LogP contribution is 2.16. The van der Waals surface area contributed by atoms with Gasteiger partial charge in [-0.15, -0.1) is 0 Å². The van der Waals surface area contributed by atoms with Crippen molar-refractivity contribution in [3.8, 4) is 0 Å². The fourth-order valence-electron chi connectivity index (χ4n) is 1.95. The van der Waals surface area contributed by atoms with Gasteiger partial charge < -0.3 is 10.6 Å². The van der Waals surface area contributed by atoms with Crippen molar-refractivity contribution in [3.05, 3.63) is 59.9 Å². The summed E-state index contributed by atoms with van der Waals surface area (Å²) in [4.78, 5) is 23.7. The van der Waals surface area contributed by atoms with Crippen LogP contribution in [0.3, 0.4) is 0 Å². The number of rotatable bonds is 5. The van der Waals surface area contributed by atoms with E-state index in [1.807, 2.05) is 13.8 Å². The molecule has 120 valence electrons. The van der Waals surface area contributed by atoms with Gasteiger partial charge in [0.15, 0.2) is 0 Å². The molecule has 2 aromatic rings. The summed E-state index contributed by atoms with van der Waals surface area (Å²) in [6.07, 6.45) is 0.156. The van der Waals surface area contributed by atoms with Gasteiger partial charge in [-0.25, -0.2) is 4.39 Å². The molecule has 5 heteroatoms. The Morgan fingerprint density at radius 3 is 2.22 bits per heavy atom. The first-order valence-electron chi connectivity index (χ1n) is 7.39. The van der Waals surface area contributed by atoms with Crippen LogP contribution in [-0.2, 0) is 16.0 Å². The van der Waals surface area contributed by atoms with Crippen LogP contribution >= 0.6 is 0 Å². The molecular formula is C18H19FN2O2. The molecule has 0 aliphatic rings. The summed E-state index contributed by atoms with van der Waals surface area (Å²) in [6, 6.07) is 12.8.